The first-order valence-electron chi connectivity index (χ1n) is 4.85. The Morgan fingerprint density at radius 3 is 2.73 bits per heavy atom. The van der Waals surface area contributed by atoms with E-state index >= 15 is 0 Å². The molecule has 0 unspecified atom stereocenters. The Labute approximate surface area is 92.9 Å². The lowest BCUT2D eigenvalue weighted by Gasteiger charge is -1.96. The number of benzene rings is 1. The van der Waals surface area contributed by atoms with E-state index in [4.69, 9.17) is 0 Å². The van der Waals surface area contributed by atoms with Crippen LogP contribution in [0.2, 0.25) is 0 Å². The third kappa shape index (κ3) is 1.63. The Balaban J connectivity index is 2.69. The summed E-state index contributed by atoms with van der Waals surface area (Å²) in [5, 5.41) is 3.85. The van der Waals surface area contributed by atoms with Gasteiger partial charge in [-0.1, -0.05) is 12.1 Å². The second kappa shape index (κ2) is 3.66. The van der Waals surface area contributed by atoms with Crippen LogP contribution in [0, 0.1) is 13.8 Å². The summed E-state index contributed by atoms with van der Waals surface area (Å²) in [6.45, 7) is 4.06. The molecule has 0 aliphatic rings. The summed E-state index contributed by atoms with van der Waals surface area (Å²) in [7, 11) is 1.66. The van der Waals surface area contributed by atoms with E-state index in [1.54, 1.807) is 18.4 Å². The Kier molecular flexibility index (Phi) is 2.49. The fraction of sp³-hybridized carbons (Fsp3) is 0.250. The maximum atomic E-state index is 11.6. The van der Waals surface area contributed by atoms with Gasteiger partial charge in [0.1, 0.15) is 0 Å². The summed E-state index contributed by atoms with van der Waals surface area (Å²) in [4.78, 5) is 12.4. The van der Waals surface area contributed by atoms with Gasteiger partial charge in [0, 0.05) is 11.7 Å². The van der Waals surface area contributed by atoms with Gasteiger partial charge in [0.2, 0.25) is 0 Å². The van der Waals surface area contributed by atoms with E-state index < -0.39 is 0 Å². The van der Waals surface area contributed by atoms with E-state index in [0.717, 1.165) is 10.4 Å². The fourth-order valence-electron chi connectivity index (χ4n) is 1.66. The van der Waals surface area contributed by atoms with Crippen molar-refractivity contribution >= 4 is 27.3 Å². The minimum Gasteiger partial charge on any atom is -0.354 e. The molecule has 2 aromatic rings. The third-order valence-electron chi connectivity index (χ3n) is 2.53. The molecule has 2 rings (SSSR count). The highest BCUT2D eigenvalue weighted by atomic mass is 32.1. The number of aryl methyl sites for hydroxylation is 2. The lowest BCUT2D eigenvalue weighted by Crippen LogP contribution is -2.17. The lowest BCUT2D eigenvalue weighted by molar-refractivity contribution is 0.0966. The maximum Gasteiger partial charge on any atom is 0.261 e. The average molecular weight is 219 g/mol. The molecule has 0 atom stereocenters. The van der Waals surface area contributed by atoms with E-state index in [9.17, 15) is 4.79 Å². The molecular formula is C12H13NOS. The first-order valence-corrected chi connectivity index (χ1v) is 5.67. The fourth-order valence-corrected chi connectivity index (χ4v) is 2.92. The molecule has 1 aromatic heterocycles. The molecule has 15 heavy (non-hydrogen) atoms. The van der Waals surface area contributed by atoms with Gasteiger partial charge in [-0.15, -0.1) is 11.3 Å². The van der Waals surface area contributed by atoms with Crippen molar-refractivity contribution in [3.8, 4) is 0 Å². The monoisotopic (exact) mass is 219 g/mol. The van der Waals surface area contributed by atoms with E-state index in [2.05, 4.69) is 30.4 Å². The number of hydrogen-bond acceptors (Lipinski definition) is 2. The highest BCUT2D eigenvalue weighted by Crippen LogP contribution is 2.31. The molecule has 0 bridgehead atoms. The smallest absolute Gasteiger partial charge is 0.261 e. The number of fused-ring (bicyclic) bond motifs is 1. The zero-order valence-electron chi connectivity index (χ0n) is 9.05. The Hall–Kier alpha value is -1.35. The molecule has 0 saturated carbocycles. The Morgan fingerprint density at radius 1 is 1.33 bits per heavy atom. The summed E-state index contributed by atoms with van der Waals surface area (Å²) in [6.07, 6.45) is 0. The lowest BCUT2D eigenvalue weighted by atomic mass is 10.1. The van der Waals surface area contributed by atoms with E-state index in [1.807, 2.05) is 6.92 Å². The van der Waals surface area contributed by atoms with Crippen LogP contribution in [0.1, 0.15) is 20.8 Å². The highest BCUT2D eigenvalue weighted by molar-refractivity contribution is 7.21. The van der Waals surface area contributed by atoms with Crippen molar-refractivity contribution in [2.75, 3.05) is 7.05 Å². The van der Waals surface area contributed by atoms with Crippen LogP contribution < -0.4 is 5.32 Å². The molecular weight excluding hydrogens is 206 g/mol. The van der Waals surface area contributed by atoms with Gasteiger partial charge >= 0.3 is 0 Å². The molecule has 1 heterocycles. The van der Waals surface area contributed by atoms with Crippen molar-refractivity contribution in [2.45, 2.75) is 13.8 Å². The van der Waals surface area contributed by atoms with Gasteiger partial charge in [-0.2, -0.15) is 0 Å². The largest absolute Gasteiger partial charge is 0.354 e. The second-order valence-electron chi connectivity index (χ2n) is 3.63. The van der Waals surface area contributed by atoms with Gasteiger partial charge in [-0.25, -0.2) is 0 Å². The van der Waals surface area contributed by atoms with Gasteiger partial charge in [0.15, 0.2) is 0 Å². The van der Waals surface area contributed by atoms with E-state index in [-0.39, 0.29) is 5.91 Å². The van der Waals surface area contributed by atoms with E-state index in [0.29, 0.717) is 0 Å². The summed E-state index contributed by atoms with van der Waals surface area (Å²) in [5.74, 6) is 0.00588. The van der Waals surface area contributed by atoms with Crippen molar-refractivity contribution in [1.29, 1.82) is 0 Å². The molecule has 0 spiro atoms. The predicted octanol–water partition coefficient (Wildman–Crippen LogP) is 2.88. The normalized spacial score (nSPS) is 10.6. The zero-order valence-corrected chi connectivity index (χ0v) is 9.87. The molecule has 0 saturated heterocycles. The molecule has 0 aliphatic carbocycles. The molecule has 0 aliphatic heterocycles. The number of amides is 1. The van der Waals surface area contributed by atoms with Crippen molar-refractivity contribution in [3.05, 3.63) is 34.2 Å². The number of carbonyl (C=O) groups excluding carboxylic acids is 1. The van der Waals surface area contributed by atoms with Crippen LogP contribution in [0.4, 0.5) is 0 Å². The third-order valence-corrected chi connectivity index (χ3v) is 3.78. The minimum absolute atomic E-state index is 0.00588. The molecule has 0 fully saturated rings. The number of hydrogen-bond donors (Lipinski definition) is 1. The van der Waals surface area contributed by atoms with Gasteiger partial charge in [0.25, 0.3) is 5.91 Å². The van der Waals surface area contributed by atoms with Crippen molar-refractivity contribution in [1.82, 2.24) is 5.32 Å². The van der Waals surface area contributed by atoms with Crippen molar-refractivity contribution < 1.29 is 4.79 Å². The maximum absolute atomic E-state index is 11.6. The Morgan fingerprint density at radius 2 is 2.07 bits per heavy atom. The van der Waals surface area contributed by atoms with Crippen LogP contribution in [0.15, 0.2) is 18.2 Å². The summed E-state index contributed by atoms with van der Waals surface area (Å²) >= 11 is 1.56. The summed E-state index contributed by atoms with van der Waals surface area (Å²) in [6, 6.07) is 6.29. The predicted molar refractivity (Wildman–Crippen MR) is 64.7 cm³/mol. The SMILES string of the molecule is CNC(=O)c1sc2cc(C)ccc2c1C. The molecule has 3 heteroatoms. The quantitative estimate of drug-likeness (QED) is 0.785. The number of rotatable bonds is 1. The van der Waals surface area contributed by atoms with Gasteiger partial charge < -0.3 is 5.32 Å². The average Bonchev–Trinajstić information content (AvgIpc) is 2.54. The molecule has 1 amide bonds. The van der Waals surface area contributed by atoms with Gasteiger partial charge in [-0.3, -0.25) is 4.79 Å². The zero-order chi connectivity index (χ0) is 11.0. The van der Waals surface area contributed by atoms with Crippen LogP contribution in [0.3, 0.4) is 0 Å². The van der Waals surface area contributed by atoms with Crippen LogP contribution >= 0.6 is 11.3 Å². The number of carbonyl (C=O) groups is 1. The summed E-state index contributed by atoms with van der Waals surface area (Å²) < 4.78 is 1.19. The first kappa shape index (κ1) is 10.2. The number of nitrogens with one attached hydrogen (secondary N) is 1. The molecule has 1 aromatic carbocycles. The summed E-state index contributed by atoms with van der Waals surface area (Å²) in [5.41, 5.74) is 2.31. The van der Waals surface area contributed by atoms with Crippen molar-refractivity contribution in [3.63, 3.8) is 0 Å². The van der Waals surface area contributed by atoms with Crippen molar-refractivity contribution in [2.24, 2.45) is 0 Å². The molecule has 78 valence electrons. The Bertz CT molecular complexity index is 528. The number of thiophene rings is 1. The first-order chi connectivity index (χ1) is 7.13. The molecule has 1 N–H and O–H groups in total. The minimum atomic E-state index is 0.00588. The van der Waals surface area contributed by atoms with Crippen LogP contribution in [0.25, 0.3) is 10.1 Å². The van der Waals surface area contributed by atoms with Gasteiger partial charge in [0.05, 0.1) is 4.88 Å². The molecule has 2 nitrogen and oxygen atoms in total. The van der Waals surface area contributed by atoms with Crippen LogP contribution in [-0.4, -0.2) is 13.0 Å². The highest BCUT2D eigenvalue weighted by Gasteiger charge is 2.13. The molecule has 0 radical (unpaired) electrons. The topological polar surface area (TPSA) is 29.1 Å². The van der Waals surface area contributed by atoms with Crippen LogP contribution in [-0.2, 0) is 0 Å². The second-order valence-corrected chi connectivity index (χ2v) is 4.69. The standard InChI is InChI=1S/C12H13NOS/c1-7-4-5-9-8(2)11(12(14)13-3)15-10(9)6-7/h4-6H,1-3H3,(H,13,14). The van der Waals surface area contributed by atoms with E-state index in [1.165, 1.54) is 15.6 Å². The van der Waals surface area contributed by atoms with Gasteiger partial charge in [-0.05, 0) is 36.4 Å². The van der Waals surface area contributed by atoms with Crippen LogP contribution in [0.5, 0.6) is 0 Å².